The van der Waals surface area contributed by atoms with Gasteiger partial charge in [0.15, 0.2) is 0 Å². The molecule has 1 heteroatoms. The summed E-state index contributed by atoms with van der Waals surface area (Å²) in [6, 6.07) is 49.7. The van der Waals surface area contributed by atoms with Gasteiger partial charge in [-0.05, 0) is 143 Å². The van der Waals surface area contributed by atoms with E-state index in [1.165, 1.54) is 98.0 Å². The first kappa shape index (κ1) is 28.0. The lowest BCUT2D eigenvalue weighted by atomic mass is 9.81. The van der Waals surface area contributed by atoms with Crippen molar-refractivity contribution in [3.63, 3.8) is 0 Å². The maximum Gasteiger partial charge on any atom is 0.136 e. The number of para-hydroxylation sites is 1. The minimum atomic E-state index is -0.105. The first-order valence-corrected chi connectivity index (χ1v) is 17.8. The van der Waals surface area contributed by atoms with Crippen LogP contribution in [0.5, 0.6) is 0 Å². The predicted molar refractivity (Wildman–Crippen MR) is 212 cm³/mol. The van der Waals surface area contributed by atoms with Crippen LogP contribution in [-0.2, 0) is 5.41 Å². The third-order valence-corrected chi connectivity index (χ3v) is 11.6. The Balaban J connectivity index is 1.15. The monoisotopic (exact) mass is 638 g/mol. The van der Waals surface area contributed by atoms with Crippen molar-refractivity contribution in [1.29, 1.82) is 0 Å². The van der Waals surface area contributed by atoms with Gasteiger partial charge in [-0.3, -0.25) is 0 Å². The van der Waals surface area contributed by atoms with Gasteiger partial charge in [0.05, 0.1) is 0 Å². The summed E-state index contributed by atoms with van der Waals surface area (Å²) in [5.41, 5.74) is 12.5. The molecule has 0 amide bonds. The van der Waals surface area contributed by atoms with Crippen molar-refractivity contribution in [2.24, 2.45) is 0 Å². The van der Waals surface area contributed by atoms with Crippen LogP contribution in [0.1, 0.15) is 37.8 Å². The molecule has 0 N–H and O–H groups in total. The fraction of sp³-hybridized carbons (Fsp3) is 0.102. The number of fused-ring (bicyclic) bond motifs is 10. The van der Waals surface area contributed by atoms with Crippen LogP contribution in [0.15, 0.2) is 138 Å². The number of benzene rings is 8. The standard InChI is InChI=1S/C49H34O/c1-49(2)43-22-21-32(24-40(43)41-25-34-28-46-42(26-33(34)27-44(41)49)35-13-9-10-18-45(35)50-46)48-38-16-7-5-14-36(38)47(37-15-6-8-17-39(37)48)31-20-19-29-11-3-4-12-30(29)23-31/h3-5,7,9-28H,6,8H2,1-2H3. The molecular formula is C49H34O. The Bertz CT molecular complexity index is 3060. The Morgan fingerprint density at radius 1 is 0.440 bits per heavy atom. The van der Waals surface area contributed by atoms with Crippen LogP contribution in [0.25, 0.3) is 99.8 Å². The van der Waals surface area contributed by atoms with E-state index >= 15 is 0 Å². The molecule has 1 nitrogen and oxygen atoms in total. The summed E-state index contributed by atoms with van der Waals surface area (Å²) in [7, 11) is 0. The Hall–Kier alpha value is -5.92. The molecule has 2 aliphatic rings. The first-order valence-electron chi connectivity index (χ1n) is 17.8. The fourth-order valence-electron chi connectivity index (χ4n) is 9.20. The molecule has 0 radical (unpaired) electrons. The zero-order valence-electron chi connectivity index (χ0n) is 28.2. The largest absolute Gasteiger partial charge is 0.456 e. The van der Waals surface area contributed by atoms with Crippen LogP contribution < -0.4 is 10.4 Å². The van der Waals surface area contributed by atoms with E-state index in [1.54, 1.807) is 0 Å². The number of hydrogen-bond acceptors (Lipinski definition) is 1. The molecule has 0 unspecified atom stereocenters. The van der Waals surface area contributed by atoms with E-state index in [0.29, 0.717) is 0 Å². The predicted octanol–water partition coefficient (Wildman–Crippen LogP) is 12.0. The van der Waals surface area contributed by atoms with E-state index in [-0.39, 0.29) is 5.41 Å². The minimum Gasteiger partial charge on any atom is -0.456 e. The van der Waals surface area contributed by atoms with Gasteiger partial charge in [-0.1, -0.05) is 117 Å². The Kier molecular flexibility index (Phi) is 5.63. The third-order valence-electron chi connectivity index (χ3n) is 11.6. The van der Waals surface area contributed by atoms with Crippen molar-refractivity contribution in [3.05, 3.63) is 155 Å². The van der Waals surface area contributed by atoms with E-state index in [0.717, 1.165) is 24.0 Å². The summed E-state index contributed by atoms with van der Waals surface area (Å²) in [6.45, 7) is 4.76. The van der Waals surface area contributed by atoms with Crippen LogP contribution in [0, 0.1) is 0 Å². The normalized spacial score (nSPS) is 14.5. The Morgan fingerprint density at radius 2 is 1.06 bits per heavy atom. The van der Waals surface area contributed by atoms with Crippen molar-refractivity contribution in [1.82, 2.24) is 0 Å². The summed E-state index contributed by atoms with van der Waals surface area (Å²) < 4.78 is 6.32. The molecule has 8 aromatic carbocycles. The molecule has 0 fully saturated rings. The molecule has 1 heterocycles. The fourth-order valence-corrected chi connectivity index (χ4v) is 9.20. The van der Waals surface area contributed by atoms with Gasteiger partial charge in [0.25, 0.3) is 0 Å². The molecule has 11 rings (SSSR count). The van der Waals surface area contributed by atoms with Crippen LogP contribution in [0.3, 0.4) is 0 Å². The zero-order valence-corrected chi connectivity index (χ0v) is 28.2. The Morgan fingerprint density at radius 3 is 1.84 bits per heavy atom. The van der Waals surface area contributed by atoms with Crippen LogP contribution in [0.4, 0.5) is 0 Å². The second kappa shape index (κ2) is 10.1. The quantitative estimate of drug-likeness (QED) is 0.184. The molecular weight excluding hydrogens is 605 g/mol. The molecule has 0 spiro atoms. The smallest absolute Gasteiger partial charge is 0.136 e. The van der Waals surface area contributed by atoms with Gasteiger partial charge in [0.1, 0.15) is 11.2 Å². The van der Waals surface area contributed by atoms with Crippen molar-refractivity contribution >= 4 is 66.4 Å². The van der Waals surface area contributed by atoms with E-state index in [2.05, 4.69) is 153 Å². The molecule has 9 aromatic rings. The molecule has 1 aromatic heterocycles. The maximum absolute atomic E-state index is 6.32. The second-order valence-electron chi connectivity index (χ2n) is 14.7. The van der Waals surface area contributed by atoms with Gasteiger partial charge in [-0.15, -0.1) is 0 Å². The van der Waals surface area contributed by atoms with Gasteiger partial charge < -0.3 is 4.42 Å². The van der Waals surface area contributed by atoms with Gasteiger partial charge in [0, 0.05) is 16.2 Å². The average molecular weight is 639 g/mol. The zero-order chi connectivity index (χ0) is 33.1. The van der Waals surface area contributed by atoms with E-state index < -0.39 is 0 Å². The summed E-state index contributed by atoms with van der Waals surface area (Å²) in [5.74, 6) is 0. The summed E-state index contributed by atoms with van der Waals surface area (Å²) in [4.78, 5) is 0. The van der Waals surface area contributed by atoms with Gasteiger partial charge in [0.2, 0.25) is 0 Å². The van der Waals surface area contributed by atoms with Crippen molar-refractivity contribution < 1.29 is 4.42 Å². The summed E-state index contributed by atoms with van der Waals surface area (Å²) in [5, 5.41) is 12.7. The molecule has 0 saturated carbocycles. The minimum absolute atomic E-state index is 0.105. The van der Waals surface area contributed by atoms with Gasteiger partial charge in [-0.2, -0.15) is 0 Å². The van der Waals surface area contributed by atoms with Crippen molar-refractivity contribution in [2.75, 3.05) is 0 Å². The number of furan rings is 1. The van der Waals surface area contributed by atoms with Gasteiger partial charge >= 0.3 is 0 Å². The average Bonchev–Trinajstić information content (AvgIpc) is 3.62. The van der Waals surface area contributed by atoms with E-state index in [1.807, 2.05) is 6.07 Å². The van der Waals surface area contributed by atoms with E-state index in [4.69, 9.17) is 4.42 Å². The molecule has 2 aliphatic carbocycles. The maximum atomic E-state index is 6.32. The molecule has 0 aliphatic heterocycles. The highest BCUT2D eigenvalue weighted by atomic mass is 16.3. The van der Waals surface area contributed by atoms with Gasteiger partial charge in [-0.25, -0.2) is 0 Å². The molecule has 50 heavy (non-hydrogen) atoms. The van der Waals surface area contributed by atoms with Crippen molar-refractivity contribution in [3.8, 4) is 33.4 Å². The van der Waals surface area contributed by atoms with Crippen LogP contribution in [0.2, 0.25) is 0 Å². The summed E-state index contributed by atoms with van der Waals surface area (Å²) >= 11 is 0. The van der Waals surface area contributed by atoms with Crippen LogP contribution in [-0.4, -0.2) is 0 Å². The Labute approximate surface area is 290 Å². The highest BCUT2D eigenvalue weighted by Crippen LogP contribution is 2.51. The molecule has 0 atom stereocenters. The van der Waals surface area contributed by atoms with Crippen LogP contribution >= 0.6 is 0 Å². The summed E-state index contributed by atoms with van der Waals surface area (Å²) in [6.07, 6.45) is 7.08. The first-order chi connectivity index (χ1) is 24.5. The lowest BCUT2D eigenvalue weighted by Gasteiger charge is -2.22. The van der Waals surface area contributed by atoms with Crippen molar-refractivity contribution in [2.45, 2.75) is 32.1 Å². The lowest BCUT2D eigenvalue weighted by molar-refractivity contribution is 0.661. The highest BCUT2D eigenvalue weighted by molar-refractivity contribution is 6.11. The molecule has 236 valence electrons. The molecule has 0 saturated heterocycles. The highest BCUT2D eigenvalue weighted by Gasteiger charge is 2.36. The lowest BCUT2D eigenvalue weighted by Crippen LogP contribution is -2.31. The number of hydrogen-bond donors (Lipinski definition) is 0. The second-order valence-corrected chi connectivity index (χ2v) is 14.7. The SMILES string of the molecule is CC1(C)c2ccc(-c3c4c(c(-c5ccc6ccccc6c5)c5ccccc35)=CCCC=4)cc2-c2cc3cc4oc5ccccc5c4cc3cc21. The third kappa shape index (κ3) is 3.83. The molecule has 0 bridgehead atoms. The topological polar surface area (TPSA) is 13.1 Å². The number of rotatable bonds is 2. The van der Waals surface area contributed by atoms with E-state index in [9.17, 15) is 0 Å².